The first kappa shape index (κ1) is 24.9. The fourth-order valence-corrected chi connectivity index (χ4v) is 5.73. The van der Waals surface area contributed by atoms with Crippen LogP contribution >= 0.6 is 0 Å². The van der Waals surface area contributed by atoms with Gasteiger partial charge in [-0.2, -0.15) is 0 Å². The summed E-state index contributed by atoms with van der Waals surface area (Å²) in [6, 6.07) is 10.9. The van der Waals surface area contributed by atoms with E-state index >= 15 is 0 Å². The Labute approximate surface area is 222 Å². The molecule has 1 aromatic carbocycles. The Morgan fingerprint density at radius 2 is 1.77 bits per heavy atom. The minimum Gasteiger partial charge on any atom is -0.440 e. The number of likely N-dealkylation sites (tertiary alicyclic amines) is 1. The first-order valence-electron chi connectivity index (χ1n) is 12.9. The van der Waals surface area contributed by atoms with Gasteiger partial charge in [-0.25, -0.2) is 23.4 Å². The molecule has 3 aromatic heterocycles. The van der Waals surface area contributed by atoms with Crippen LogP contribution in [0.15, 0.2) is 59.7 Å². The number of hydrogen-bond donors (Lipinski definition) is 2. The minimum atomic E-state index is -0.971. The lowest BCUT2D eigenvalue weighted by Gasteiger charge is -2.32. The van der Waals surface area contributed by atoms with E-state index in [-0.39, 0.29) is 29.4 Å². The van der Waals surface area contributed by atoms with Crippen LogP contribution in [-0.2, 0) is 4.74 Å². The molecule has 2 N–H and O–H groups in total. The minimum absolute atomic E-state index is 0.0813. The molecule has 9 nitrogen and oxygen atoms in total. The lowest BCUT2D eigenvalue weighted by molar-refractivity contribution is 0.0473. The number of benzene rings is 1. The summed E-state index contributed by atoms with van der Waals surface area (Å²) in [6.45, 7) is 0.801. The molecule has 4 aromatic rings. The molecule has 0 bridgehead atoms. The molecule has 1 amide bonds. The molecule has 200 valence electrons. The number of hydrogen-bond acceptors (Lipinski definition) is 6. The van der Waals surface area contributed by atoms with Crippen molar-refractivity contribution in [2.24, 2.45) is 0 Å². The van der Waals surface area contributed by atoms with Crippen LogP contribution in [0.25, 0.3) is 11.2 Å². The smallest absolute Gasteiger partial charge is 0.410 e. The first-order valence-corrected chi connectivity index (χ1v) is 12.9. The van der Waals surface area contributed by atoms with Gasteiger partial charge in [0.05, 0.1) is 11.2 Å². The third-order valence-corrected chi connectivity index (χ3v) is 7.68. The summed E-state index contributed by atoms with van der Waals surface area (Å²) in [5.74, 6) is -2.64. The molecule has 0 radical (unpaired) electrons. The zero-order valence-electron chi connectivity index (χ0n) is 20.9. The van der Waals surface area contributed by atoms with E-state index in [0.717, 1.165) is 11.6 Å². The molecule has 0 saturated carbocycles. The second-order valence-electron chi connectivity index (χ2n) is 9.88. The number of nitrogens with one attached hydrogen (secondary N) is 2. The van der Waals surface area contributed by atoms with Crippen molar-refractivity contribution in [1.29, 1.82) is 5.41 Å². The fourth-order valence-electron chi connectivity index (χ4n) is 5.73. The zero-order valence-corrected chi connectivity index (χ0v) is 20.9. The number of imidazole rings is 1. The average Bonchev–Trinajstić information content (AvgIpc) is 3.23. The number of fused-ring (bicyclic) bond motifs is 2. The summed E-state index contributed by atoms with van der Waals surface area (Å²) < 4.78 is 36.3. The monoisotopic (exact) mass is 532 g/mol. The van der Waals surface area contributed by atoms with Gasteiger partial charge < -0.3 is 15.0 Å². The number of piperidine rings is 1. The SMILES string of the molecule is N=C1c2cccnc2[C@H](OC(=O)N2CCC(n3c(=O)[nH]c4ncccc43)CC2)CC[C@H]1c1cccc(F)c1F. The maximum absolute atomic E-state index is 14.7. The number of aromatic nitrogens is 4. The molecule has 0 unspecified atom stereocenters. The Bertz CT molecular complexity index is 1630. The van der Waals surface area contributed by atoms with E-state index in [0.29, 0.717) is 49.3 Å². The van der Waals surface area contributed by atoms with Crippen molar-refractivity contribution >= 4 is 23.0 Å². The second-order valence-corrected chi connectivity index (χ2v) is 9.88. The molecule has 1 saturated heterocycles. The van der Waals surface area contributed by atoms with Crippen LogP contribution in [0.1, 0.15) is 60.6 Å². The molecule has 1 aliphatic carbocycles. The number of halogens is 2. The second kappa shape index (κ2) is 10.0. The number of aromatic amines is 1. The molecule has 11 heteroatoms. The van der Waals surface area contributed by atoms with E-state index in [2.05, 4.69) is 15.0 Å². The number of nitrogens with zero attached hydrogens (tertiary/aromatic N) is 4. The lowest BCUT2D eigenvalue weighted by atomic mass is 9.88. The predicted molar refractivity (Wildman–Crippen MR) is 139 cm³/mol. The van der Waals surface area contributed by atoms with Gasteiger partial charge in [0.1, 0.15) is 6.10 Å². The average molecular weight is 533 g/mol. The number of carbonyl (C=O) groups is 1. The summed E-state index contributed by atoms with van der Waals surface area (Å²) in [5.41, 5.74) is 2.14. The number of pyridine rings is 2. The van der Waals surface area contributed by atoms with Crippen molar-refractivity contribution in [3.8, 4) is 0 Å². The summed E-state index contributed by atoms with van der Waals surface area (Å²) in [5, 5.41) is 8.79. The highest BCUT2D eigenvalue weighted by Crippen LogP contribution is 2.38. The highest BCUT2D eigenvalue weighted by atomic mass is 19.2. The Morgan fingerprint density at radius 1 is 1.00 bits per heavy atom. The standard InChI is InChI=1S/C28H26F2N6O3/c29-20-6-1-4-17(23(20)30)18-8-9-22(25-19(24(18)31)5-2-12-32-25)39-28(38)35-14-10-16(11-15-35)36-21-7-3-13-33-26(21)34-27(36)37/h1-7,12-13,16,18,22,31H,8-11,14-15H2,(H,33,34,37)/t18-,22+/m0/s1. The maximum atomic E-state index is 14.7. The van der Waals surface area contributed by atoms with Crippen LogP contribution in [0.4, 0.5) is 13.6 Å². The van der Waals surface area contributed by atoms with Crippen LogP contribution in [-0.4, -0.2) is 49.3 Å². The van der Waals surface area contributed by atoms with Gasteiger partial charge in [0, 0.05) is 48.7 Å². The van der Waals surface area contributed by atoms with Gasteiger partial charge in [-0.15, -0.1) is 0 Å². The Balaban J connectivity index is 1.18. The fraction of sp³-hybridized carbons (Fsp3) is 0.321. The van der Waals surface area contributed by atoms with Gasteiger partial charge >= 0.3 is 11.8 Å². The summed E-state index contributed by atoms with van der Waals surface area (Å²) in [6.07, 6.45) is 3.67. The third-order valence-electron chi connectivity index (χ3n) is 7.68. The molecular formula is C28H26F2N6O3. The third kappa shape index (κ3) is 4.47. The molecule has 1 fully saturated rings. The Kier molecular flexibility index (Phi) is 6.41. The maximum Gasteiger partial charge on any atom is 0.410 e. The van der Waals surface area contributed by atoms with Crippen molar-refractivity contribution in [1.82, 2.24) is 24.4 Å². The van der Waals surface area contributed by atoms with Crippen LogP contribution in [0.2, 0.25) is 0 Å². The van der Waals surface area contributed by atoms with Crippen LogP contribution < -0.4 is 5.69 Å². The Hall–Kier alpha value is -4.41. The van der Waals surface area contributed by atoms with Gasteiger partial charge in [0.15, 0.2) is 17.3 Å². The highest BCUT2D eigenvalue weighted by Gasteiger charge is 2.35. The summed E-state index contributed by atoms with van der Waals surface area (Å²) in [7, 11) is 0. The molecule has 1 aliphatic heterocycles. The number of ether oxygens (including phenoxy) is 1. The van der Waals surface area contributed by atoms with Gasteiger partial charge in [-0.3, -0.25) is 14.5 Å². The highest BCUT2D eigenvalue weighted by molar-refractivity contribution is 6.04. The number of amides is 1. The van der Waals surface area contributed by atoms with E-state index < -0.39 is 29.7 Å². The van der Waals surface area contributed by atoms with Gasteiger partial charge in [-0.1, -0.05) is 12.1 Å². The molecular weight excluding hydrogens is 506 g/mol. The largest absolute Gasteiger partial charge is 0.440 e. The number of H-pyrrole nitrogens is 1. The van der Waals surface area contributed by atoms with E-state index in [9.17, 15) is 18.4 Å². The normalized spacial score (nSPS) is 20.1. The van der Waals surface area contributed by atoms with Crippen molar-refractivity contribution in [3.63, 3.8) is 0 Å². The first-order chi connectivity index (χ1) is 18.9. The zero-order chi connectivity index (χ0) is 27.1. The van der Waals surface area contributed by atoms with Crippen molar-refractivity contribution in [3.05, 3.63) is 93.8 Å². The summed E-state index contributed by atoms with van der Waals surface area (Å²) >= 11 is 0. The van der Waals surface area contributed by atoms with Crippen molar-refractivity contribution in [2.45, 2.75) is 43.7 Å². The van der Waals surface area contributed by atoms with Gasteiger partial charge in [0.25, 0.3) is 0 Å². The molecule has 4 heterocycles. The van der Waals surface area contributed by atoms with E-state index in [1.807, 2.05) is 6.07 Å². The molecule has 2 aliphatic rings. The van der Waals surface area contributed by atoms with Crippen LogP contribution in [0.3, 0.4) is 0 Å². The lowest BCUT2D eigenvalue weighted by Crippen LogP contribution is -2.41. The van der Waals surface area contributed by atoms with Crippen molar-refractivity contribution in [2.75, 3.05) is 13.1 Å². The molecule has 2 atom stereocenters. The van der Waals surface area contributed by atoms with E-state index in [4.69, 9.17) is 10.1 Å². The predicted octanol–water partition coefficient (Wildman–Crippen LogP) is 4.86. The molecule has 6 rings (SSSR count). The molecule has 39 heavy (non-hydrogen) atoms. The van der Waals surface area contributed by atoms with E-state index in [1.54, 1.807) is 40.1 Å². The Morgan fingerprint density at radius 3 is 2.59 bits per heavy atom. The topological polar surface area (TPSA) is 117 Å². The number of carbonyl (C=O) groups excluding carboxylic acids is 1. The quantitative estimate of drug-likeness (QED) is 0.366. The van der Waals surface area contributed by atoms with Crippen LogP contribution in [0.5, 0.6) is 0 Å². The van der Waals surface area contributed by atoms with Gasteiger partial charge in [0.2, 0.25) is 0 Å². The number of rotatable bonds is 3. The van der Waals surface area contributed by atoms with Gasteiger partial charge in [-0.05, 0) is 61.6 Å². The molecule has 0 spiro atoms. The van der Waals surface area contributed by atoms with E-state index in [1.165, 1.54) is 12.1 Å². The van der Waals surface area contributed by atoms with Crippen molar-refractivity contribution < 1.29 is 18.3 Å². The van der Waals surface area contributed by atoms with Crippen LogP contribution in [0, 0.1) is 17.0 Å². The summed E-state index contributed by atoms with van der Waals surface area (Å²) in [4.78, 5) is 38.8.